The van der Waals surface area contributed by atoms with Gasteiger partial charge < -0.3 is 5.11 Å². The SMILES string of the molecule is OC1CCCc2sc(-c3ccc(Br)cc3)nc21. The molecule has 0 radical (unpaired) electrons. The predicted molar refractivity (Wildman–Crippen MR) is 73.1 cm³/mol. The highest BCUT2D eigenvalue weighted by molar-refractivity contribution is 9.10. The molecule has 3 rings (SSSR count). The van der Waals surface area contributed by atoms with Gasteiger partial charge in [-0.25, -0.2) is 4.98 Å². The Labute approximate surface area is 112 Å². The van der Waals surface area contributed by atoms with E-state index in [0.717, 1.165) is 40.0 Å². The summed E-state index contributed by atoms with van der Waals surface area (Å²) in [6.07, 6.45) is 2.60. The lowest BCUT2D eigenvalue weighted by atomic mass is 10.0. The molecule has 1 N–H and O–H groups in total. The second kappa shape index (κ2) is 4.52. The van der Waals surface area contributed by atoms with Crippen LogP contribution in [-0.2, 0) is 6.42 Å². The van der Waals surface area contributed by atoms with Crippen LogP contribution in [-0.4, -0.2) is 10.1 Å². The van der Waals surface area contributed by atoms with Gasteiger partial charge in [-0.1, -0.05) is 28.1 Å². The fourth-order valence-electron chi connectivity index (χ4n) is 2.11. The summed E-state index contributed by atoms with van der Waals surface area (Å²) < 4.78 is 1.07. The number of thiazole rings is 1. The minimum Gasteiger partial charge on any atom is -0.387 e. The molecule has 1 unspecified atom stereocenters. The summed E-state index contributed by atoms with van der Waals surface area (Å²) in [4.78, 5) is 5.84. The molecule has 4 heteroatoms. The Morgan fingerprint density at radius 2 is 2.06 bits per heavy atom. The van der Waals surface area contributed by atoms with Crippen molar-refractivity contribution in [3.05, 3.63) is 39.3 Å². The third kappa shape index (κ3) is 2.17. The molecule has 17 heavy (non-hydrogen) atoms. The van der Waals surface area contributed by atoms with Crippen LogP contribution in [0.1, 0.15) is 29.5 Å². The van der Waals surface area contributed by atoms with E-state index in [-0.39, 0.29) is 6.10 Å². The van der Waals surface area contributed by atoms with E-state index in [1.807, 2.05) is 12.1 Å². The van der Waals surface area contributed by atoms with Crippen molar-refractivity contribution >= 4 is 27.3 Å². The van der Waals surface area contributed by atoms with Gasteiger partial charge in [-0.3, -0.25) is 0 Å². The topological polar surface area (TPSA) is 33.1 Å². The average molecular weight is 310 g/mol. The smallest absolute Gasteiger partial charge is 0.123 e. The Morgan fingerprint density at radius 3 is 2.76 bits per heavy atom. The fraction of sp³-hybridized carbons (Fsp3) is 0.308. The molecule has 1 aromatic heterocycles. The summed E-state index contributed by atoms with van der Waals surface area (Å²) in [6, 6.07) is 8.15. The number of nitrogens with zero attached hydrogens (tertiary/aromatic N) is 1. The highest BCUT2D eigenvalue weighted by Crippen LogP contribution is 2.37. The summed E-state index contributed by atoms with van der Waals surface area (Å²) in [7, 11) is 0. The molecular weight excluding hydrogens is 298 g/mol. The van der Waals surface area contributed by atoms with E-state index in [4.69, 9.17) is 0 Å². The van der Waals surface area contributed by atoms with E-state index in [0.29, 0.717) is 0 Å². The molecule has 88 valence electrons. The second-order valence-electron chi connectivity index (χ2n) is 4.24. The number of hydrogen-bond donors (Lipinski definition) is 1. The zero-order valence-electron chi connectivity index (χ0n) is 9.19. The highest BCUT2D eigenvalue weighted by atomic mass is 79.9. The number of benzene rings is 1. The zero-order chi connectivity index (χ0) is 11.8. The van der Waals surface area contributed by atoms with Gasteiger partial charge in [0.15, 0.2) is 0 Å². The van der Waals surface area contributed by atoms with Gasteiger partial charge in [0.25, 0.3) is 0 Å². The van der Waals surface area contributed by atoms with Gasteiger partial charge in [0.2, 0.25) is 0 Å². The van der Waals surface area contributed by atoms with E-state index in [1.54, 1.807) is 11.3 Å². The summed E-state index contributed by atoms with van der Waals surface area (Å²) in [6.45, 7) is 0. The van der Waals surface area contributed by atoms with Crippen molar-refractivity contribution in [1.29, 1.82) is 0 Å². The van der Waals surface area contributed by atoms with Gasteiger partial charge in [0.1, 0.15) is 5.01 Å². The largest absolute Gasteiger partial charge is 0.387 e. The van der Waals surface area contributed by atoms with Gasteiger partial charge >= 0.3 is 0 Å². The van der Waals surface area contributed by atoms with Gasteiger partial charge in [-0.15, -0.1) is 11.3 Å². The Kier molecular flexibility index (Phi) is 3.03. The summed E-state index contributed by atoms with van der Waals surface area (Å²) in [5.74, 6) is 0. The second-order valence-corrected chi connectivity index (χ2v) is 6.24. The molecule has 0 fully saturated rings. The maximum atomic E-state index is 9.90. The molecule has 0 saturated carbocycles. The molecule has 0 bridgehead atoms. The predicted octanol–water partition coefficient (Wildman–Crippen LogP) is 3.94. The number of fused-ring (bicyclic) bond motifs is 1. The van der Waals surface area contributed by atoms with Crippen molar-refractivity contribution in [2.75, 3.05) is 0 Å². The molecule has 0 saturated heterocycles. The lowest BCUT2D eigenvalue weighted by molar-refractivity contribution is 0.153. The molecule has 1 aliphatic carbocycles. The van der Waals surface area contributed by atoms with Crippen molar-refractivity contribution in [3.8, 4) is 10.6 Å². The summed E-state index contributed by atoms with van der Waals surface area (Å²) in [5.41, 5.74) is 2.03. The first-order chi connectivity index (χ1) is 8.24. The number of rotatable bonds is 1. The first kappa shape index (κ1) is 11.4. The average Bonchev–Trinajstić information content (AvgIpc) is 2.75. The van der Waals surface area contributed by atoms with Crippen molar-refractivity contribution in [3.63, 3.8) is 0 Å². The first-order valence-electron chi connectivity index (χ1n) is 5.67. The Morgan fingerprint density at radius 1 is 1.29 bits per heavy atom. The Hall–Kier alpha value is -0.710. The number of hydrogen-bond acceptors (Lipinski definition) is 3. The van der Waals surface area contributed by atoms with Crippen LogP contribution < -0.4 is 0 Å². The van der Waals surface area contributed by atoms with Crippen LogP contribution in [0.15, 0.2) is 28.7 Å². The zero-order valence-corrected chi connectivity index (χ0v) is 11.6. The van der Waals surface area contributed by atoms with Crippen LogP contribution in [0.25, 0.3) is 10.6 Å². The summed E-state index contributed by atoms with van der Waals surface area (Å²) >= 11 is 5.14. The summed E-state index contributed by atoms with van der Waals surface area (Å²) in [5, 5.41) is 10.9. The maximum absolute atomic E-state index is 9.90. The van der Waals surface area contributed by atoms with Crippen LogP contribution >= 0.6 is 27.3 Å². The van der Waals surface area contributed by atoms with Crippen LogP contribution in [0.4, 0.5) is 0 Å². The van der Waals surface area contributed by atoms with Crippen LogP contribution in [0.2, 0.25) is 0 Å². The van der Waals surface area contributed by atoms with Gasteiger partial charge in [-0.2, -0.15) is 0 Å². The number of aliphatic hydroxyl groups is 1. The lowest BCUT2D eigenvalue weighted by Gasteiger charge is -2.14. The molecule has 0 amide bonds. The van der Waals surface area contributed by atoms with Crippen LogP contribution in [0.3, 0.4) is 0 Å². The van der Waals surface area contributed by atoms with Crippen molar-refractivity contribution < 1.29 is 5.11 Å². The molecule has 1 heterocycles. The highest BCUT2D eigenvalue weighted by Gasteiger charge is 2.22. The van der Waals surface area contributed by atoms with E-state index in [1.165, 1.54) is 4.88 Å². The lowest BCUT2D eigenvalue weighted by Crippen LogP contribution is -2.07. The van der Waals surface area contributed by atoms with Gasteiger partial charge in [-0.05, 0) is 31.4 Å². The van der Waals surface area contributed by atoms with Gasteiger partial charge in [0, 0.05) is 14.9 Å². The van der Waals surface area contributed by atoms with Crippen molar-refractivity contribution in [2.24, 2.45) is 0 Å². The van der Waals surface area contributed by atoms with Crippen molar-refractivity contribution in [1.82, 2.24) is 4.98 Å². The molecule has 0 spiro atoms. The molecule has 2 nitrogen and oxygen atoms in total. The number of aryl methyl sites for hydroxylation is 1. The minimum atomic E-state index is -0.362. The fourth-order valence-corrected chi connectivity index (χ4v) is 3.54. The molecule has 0 aliphatic heterocycles. The standard InChI is InChI=1S/C13H12BrNOS/c14-9-6-4-8(5-7-9)13-15-12-10(16)2-1-3-11(12)17-13/h4-7,10,16H,1-3H2. The Bertz CT molecular complexity index is 535. The van der Waals surface area contributed by atoms with Gasteiger partial charge in [0.05, 0.1) is 11.8 Å². The number of aliphatic hydroxyl groups excluding tert-OH is 1. The first-order valence-corrected chi connectivity index (χ1v) is 7.28. The third-order valence-electron chi connectivity index (χ3n) is 3.02. The van der Waals surface area contributed by atoms with E-state index in [9.17, 15) is 5.11 Å². The quantitative estimate of drug-likeness (QED) is 0.865. The number of aromatic nitrogens is 1. The van der Waals surface area contributed by atoms with Crippen LogP contribution in [0, 0.1) is 0 Å². The molecule has 2 aromatic rings. The monoisotopic (exact) mass is 309 g/mol. The van der Waals surface area contributed by atoms with E-state index < -0.39 is 0 Å². The van der Waals surface area contributed by atoms with Crippen LogP contribution in [0.5, 0.6) is 0 Å². The molecule has 1 aliphatic rings. The molecular formula is C13H12BrNOS. The van der Waals surface area contributed by atoms with E-state index >= 15 is 0 Å². The van der Waals surface area contributed by atoms with E-state index in [2.05, 4.69) is 33.0 Å². The normalized spacial score (nSPS) is 19.1. The minimum absolute atomic E-state index is 0.362. The van der Waals surface area contributed by atoms with Crippen molar-refractivity contribution in [2.45, 2.75) is 25.4 Å². The molecule has 1 atom stereocenters. The third-order valence-corrected chi connectivity index (χ3v) is 4.72. The maximum Gasteiger partial charge on any atom is 0.123 e. The number of halogens is 1. The Balaban J connectivity index is 2.02. The molecule has 1 aromatic carbocycles.